The van der Waals surface area contributed by atoms with Gasteiger partial charge in [-0.1, -0.05) is 19.1 Å². The number of alkyl halides is 2. The number of amides is 3. The van der Waals surface area contributed by atoms with E-state index < -0.39 is 17.8 Å². The van der Waals surface area contributed by atoms with Crippen LogP contribution in [-0.2, 0) is 9.59 Å². The van der Waals surface area contributed by atoms with E-state index in [2.05, 4.69) is 10.1 Å². The monoisotopic (exact) mass is 384 g/mol. The Balaban J connectivity index is 1.96. The zero-order valence-corrected chi connectivity index (χ0v) is 14.9. The Morgan fingerprint density at radius 3 is 2.62 bits per heavy atom. The lowest BCUT2D eigenvalue weighted by Gasteiger charge is -2.12. The van der Waals surface area contributed by atoms with Gasteiger partial charge in [0.25, 0.3) is 11.1 Å². The smallest absolute Gasteiger partial charge is 0.387 e. The number of benzene rings is 1. The first-order chi connectivity index (χ1) is 12.4. The molecule has 6 nitrogen and oxygen atoms in total. The molecule has 0 atom stereocenters. The number of ether oxygens (including phenoxy) is 1. The summed E-state index contributed by atoms with van der Waals surface area (Å²) in [6.45, 7) is -0.731. The zero-order chi connectivity index (χ0) is 19.1. The molecule has 0 saturated carbocycles. The Morgan fingerprint density at radius 2 is 2.00 bits per heavy atom. The second-order valence-electron chi connectivity index (χ2n) is 5.38. The molecule has 0 bridgehead atoms. The topological polar surface area (TPSA) is 75.7 Å². The molecule has 1 aliphatic rings. The first kappa shape index (κ1) is 19.9. The molecule has 1 aliphatic heterocycles. The summed E-state index contributed by atoms with van der Waals surface area (Å²) in [7, 11) is 0. The third-order valence-electron chi connectivity index (χ3n) is 3.41. The Bertz CT molecular complexity index is 707. The van der Waals surface area contributed by atoms with Gasteiger partial charge in [-0.2, -0.15) is 8.78 Å². The molecule has 0 aromatic heterocycles. The van der Waals surface area contributed by atoms with Gasteiger partial charge in [0.1, 0.15) is 5.75 Å². The fraction of sp³-hybridized carbons (Fsp3) is 0.353. The number of thioether (sulfide) groups is 1. The molecule has 2 rings (SSSR count). The van der Waals surface area contributed by atoms with Crippen LogP contribution in [-0.4, -0.2) is 41.7 Å². The average molecular weight is 384 g/mol. The fourth-order valence-electron chi connectivity index (χ4n) is 2.21. The van der Waals surface area contributed by atoms with Crippen molar-refractivity contribution in [2.45, 2.75) is 26.4 Å². The Hall–Kier alpha value is -2.42. The van der Waals surface area contributed by atoms with E-state index >= 15 is 0 Å². The summed E-state index contributed by atoms with van der Waals surface area (Å²) in [6.07, 6.45) is 2.62. The Labute approximate surface area is 153 Å². The minimum absolute atomic E-state index is 0.00748. The minimum Gasteiger partial charge on any atom is -0.435 e. The third-order valence-corrected chi connectivity index (χ3v) is 4.32. The number of nitrogens with one attached hydrogen (secondary N) is 1. The zero-order valence-electron chi connectivity index (χ0n) is 14.0. The molecule has 0 aliphatic carbocycles. The summed E-state index contributed by atoms with van der Waals surface area (Å²) >= 11 is 0.795. The van der Waals surface area contributed by atoms with Crippen LogP contribution in [0.15, 0.2) is 29.2 Å². The Kier molecular flexibility index (Phi) is 7.14. The predicted molar refractivity (Wildman–Crippen MR) is 93.7 cm³/mol. The highest BCUT2D eigenvalue weighted by Gasteiger charge is 2.34. The molecular formula is C17H18F2N2O4S. The van der Waals surface area contributed by atoms with E-state index in [0.29, 0.717) is 12.0 Å². The van der Waals surface area contributed by atoms with Gasteiger partial charge in [0, 0.05) is 19.5 Å². The SMILES string of the molecule is CCCC(=O)NCCN1C(=O)S/C(=C/c2ccc(OC(F)F)cc2)C1=O. The number of halogens is 2. The van der Waals surface area contributed by atoms with E-state index in [1.807, 2.05) is 6.92 Å². The number of hydrogen-bond acceptors (Lipinski definition) is 5. The van der Waals surface area contributed by atoms with Crippen molar-refractivity contribution in [2.24, 2.45) is 0 Å². The second-order valence-corrected chi connectivity index (χ2v) is 6.37. The van der Waals surface area contributed by atoms with Gasteiger partial charge in [0.2, 0.25) is 5.91 Å². The lowest BCUT2D eigenvalue weighted by atomic mass is 10.2. The van der Waals surface area contributed by atoms with Crippen molar-refractivity contribution < 1.29 is 27.9 Å². The van der Waals surface area contributed by atoms with Gasteiger partial charge >= 0.3 is 6.61 Å². The highest BCUT2D eigenvalue weighted by molar-refractivity contribution is 8.18. The maximum atomic E-state index is 12.3. The number of imide groups is 1. The molecule has 0 unspecified atom stereocenters. The molecule has 1 fully saturated rings. The van der Waals surface area contributed by atoms with Gasteiger partial charge < -0.3 is 10.1 Å². The summed E-state index contributed by atoms with van der Waals surface area (Å²) < 4.78 is 28.5. The van der Waals surface area contributed by atoms with Crippen molar-refractivity contribution in [2.75, 3.05) is 13.1 Å². The van der Waals surface area contributed by atoms with E-state index in [-0.39, 0.29) is 29.7 Å². The lowest BCUT2D eigenvalue weighted by Crippen LogP contribution is -2.37. The van der Waals surface area contributed by atoms with Crippen molar-refractivity contribution in [3.63, 3.8) is 0 Å². The minimum atomic E-state index is -2.91. The van der Waals surface area contributed by atoms with E-state index in [0.717, 1.165) is 23.1 Å². The molecule has 3 amide bonds. The van der Waals surface area contributed by atoms with E-state index in [1.54, 1.807) is 0 Å². The molecule has 1 aromatic carbocycles. The third kappa shape index (κ3) is 5.55. The molecule has 0 radical (unpaired) electrons. The van der Waals surface area contributed by atoms with Crippen LogP contribution in [0.3, 0.4) is 0 Å². The summed E-state index contributed by atoms with van der Waals surface area (Å²) in [5.41, 5.74) is 0.577. The molecule has 1 heterocycles. The summed E-state index contributed by atoms with van der Waals surface area (Å²) in [5.74, 6) is -0.563. The highest BCUT2D eigenvalue weighted by Crippen LogP contribution is 2.32. The standard InChI is InChI=1S/C17H18F2N2O4S/c1-2-3-14(22)20-8-9-21-15(23)13(26-17(21)24)10-11-4-6-12(7-5-11)25-16(18)19/h4-7,10,16H,2-3,8-9H2,1H3,(H,20,22)/b13-10+. The average Bonchev–Trinajstić information content (AvgIpc) is 2.84. The van der Waals surface area contributed by atoms with Crippen molar-refractivity contribution in [1.82, 2.24) is 10.2 Å². The number of carbonyl (C=O) groups excluding carboxylic acids is 3. The summed E-state index contributed by atoms with van der Waals surface area (Å²) in [6, 6.07) is 5.73. The van der Waals surface area contributed by atoms with Crippen LogP contribution in [0, 0.1) is 0 Å². The van der Waals surface area contributed by atoms with Gasteiger partial charge in [-0.15, -0.1) is 0 Å². The number of carbonyl (C=O) groups is 3. The molecule has 1 aromatic rings. The second kappa shape index (κ2) is 9.33. The van der Waals surface area contributed by atoms with Crippen molar-refractivity contribution in [1.29, 1.82) is 0 Å². The van der Waals surface area contributed by atoms with E-state index in [9.17, 15) is 23.2 Å². The van der Waals surface area contributed by atoms with E-state index in [4.69, 9.17) is 0 Å². The van der Waals surface area contributed by atoms with Gasteiger partial charge in [-0.05, 0) is 42.0 Å². The van der Waals surface area contributed by atoms with Crippen molar-refractivity contribution >= 4 is 34.9 Å². The highest BCUT2D eigenvalue weighted by atomic mass is 32.2. The molecule has 26 heavy (non-hydrogen) atoms. The lowest BCUT2D eigenvalue weighted by molar-refractivity contribution is -0.124. The van der Waals surface area contributed by atoms with Crippen LogP contribution in [0.25, 0.3) is 6.08 Å². The van der Waals surface area contributed by atoms with Crippen LogP contribution in [0.5, 0.6) is 5.75 Å². The predicted octanol–water partition coefficient (Wildman–Crippen LogP) is 3.24. The van der Waals surface area contributed by atoms with Gasteiger partial charge in [-0.25, -0.2) is 0 Å². The molecule has 1 saturated heterocycles. The van der Waals surface area contributed by atoms with E-state index in [1.165, 1.54) is 30.3 Å². The maximum Gasteiger partial charge on any atom is 0.387 e. The fourth-order valence-corrected chi connectivity index (χ4v) is 3.08. The van der Waals surface area contributed by atoms with Gasteiger partial charge in [0.15, 0.2) is 0 Å². The van der Waals surface area contributed by atoms with Gasteiger partial charge in [-0.3, -0.25) is 19.3 Å². The van der Waals surface area contributed by atoms with Crippen molar-refractivity contribution in [3.05, 3.63) is 34.7 Å². The molecular weight excluding hydrogens is 366 g/mol. The van der Waals surface area contributed by atoms with Gasteiger partial charge in [0.05, 0.1) is 4.91 Å². The largest absolute Gasteiger partial charge is 0.435 e. The number of rotatable bonds is 8. The van der Waals surface area contributed by atoms with Crippen LogP contribution in [0.1, 0.15) is 25.3 Å². The van der Waals surface area contributed by atoms with Crippen LogP contribution < -0.4 is 10.1 Å². The number of hydrogen-bond donors (Lipinski definition) is 1. The molecule has 9 heteroatoms. The molecule has 140 valence electrons. The first-order valence-corrected chi connectivity index (χ1v) is 8.79. The van der Waals surface area contributed by atoms with Crippen LogP contribution in [0.2, 0.25) is 0 Å². The molecule has 1 N–H and O–H groups in total. The summed E-state index contributed by atoms with van der Waals surface area (Å²) in [4.78, 5) is 37.0. The van der Waals surface area contributed by atoms with Crippen LogP contribution in [0.4, 0.5) is 13.6 Å². The Morgan fingerprint density at radius 1 is 1.31 bits per heavy atom. The maximum absolute atomic E-state index is 12.3. The normalized spacial score (nSPS) is 15.8. The quantitative estimate of drug-likeness (QED) is 0.697. The first-order valence-electron chi connectivity index (χ1n) is 7.97. The van der Waals surface area contributed by atoms with Crippen molar-refractivity contribution in [3.8, 4) is 5.75 Å². The molecule has 0 spiro atoms. The van der Waals surface area contributed by atoms with Crippen LogP contribution >= 0.6 is 11.8 Å². The number of nitrogens with zero attached hydrogens (tertiary/aromatic N) is 1. The summed E-state index contributed by atoms with van der Waals surface area (Å²) in [5, 5.41) is 2.24.